The SMILES string of the molecule is CC(C)(C)C(NC(=O)COc1ccc(OCC(=O)OCc2ccccc2)cc1)C(=O)N1C(C(=O)O)CC2CCCC21. The molecule has 4 unspecified atom stereocenters. The van der Waals surface area contributed by atoms with Crippen molar-refractivity contribution in [1.29, 1.82) is 0 Å². The molecule has 2 aromatic rings. The highest BCUT2D eigenvalue weighted by Gasteiger charge is 2.51. The summed E-state index contributed by atoms with van der Waals surface area (Å²) in [6.45, 7) is 5.10. The van der Waals surface area contributed by atoms with Crippen LogP contribution in [0.4, 0.5) is 0 Å². The maximum Gasteiger partial charge on any atom is 0.344 e. The third-order valence-corrected chi connectivity index (χ3v) is 7.59. The van der Waals surface area contributed by atoms with E-state index in [1.165, 1.54) is 4.90 Å². The fourth-order valence-electron chi connectivity index (χ4n) is 5.53. The summed E-state index contributed by atoms with van der Waals surface area (Å²) in [5.74, 6) is -1.35. The Morgan fingerprint density at radius 1 is 0.951 bits per heavy atom. The van der Waals surface area contributed by atoms with Gasteiger partial charge in [0.1, 0.15) is 30.2 Å². The molecule has 2 fully saturated rings. The fraction of sp³-hybridized carbons (Fsp3) is 0.484. The van der Waals surface area contributed by atoms with Gasteiger partial charge in [-0.3, -0.25) is 9.59 Å². The molecule has 10 nitrogen and oxygen atoms in total. The molecule has 1 aliphatic carbocycles. The molecule has 0 aromatic heterocycles. The van der Waals surface area contributed by atoms with Gasteiger partial charge in [0, 0.05) is 6.04 Å². The van der Waals surface area contributed by atoms with Crippen LogP contribution in [0.3, 0.4) is 0 Å². The predicted molar refractivity (Wildman–Crippen MR) is 149 cm³/mol. The lowest BCUT2D eigenvalue weighted by molar-refractivity contribution is -0.152. The van der Waals surface area contributed by atoms with E-state index in [1.54, 1.807) is 24.3 Å². The smallest absolute Gasteiger partial charge is 0.344 e. The zero-order chi connectivity index (χ0) is 29.6. The Morgan fingerprint density at radius 3 is 2.20 bits per heavy atom. The minimum Gasteiger partial charge on any atom is -0.484 e. The highest BCUT2D eigenvalue weighted by atomic mass is 16.6. The molecule has 41 heavy (non-hydrogen) atoms. The van der Waals surface area contributed by atoms with Crippen LogP contribution in [0.5, 0.6) is 11.5 Å². The summed E-state index contributed by atoms with van der Waals surface area (Å²) in [5.41, 5.74) is 0.237. The zero-order valence-electron chi connectivity index (χ0n) is 23.7. The molecule has 2 aromatic carbocycles. The Kier molecular flexibility index (Phi) is 9.52. The van der Waals surface area contributed by atoms with Crippen LogP contribution in [0, 0.1) is 11.3 Å². The predicted octanol–water partition coefficient (Wildman–Crippen LogP) is 3.57. The van der Waals surface area contributed by atoms with Crippen LogP contribution < -0.4 is 14.8 Å². The number of benzene rings is 2. The zero-order valence-corrected chi connectivity index (χ0v) is 23.7. The van der Waals surface area contributed by atoms with E-state index in [4.69, 9.17) is 14.2 Å². The summed E-state index contributed by atoms with van der Waals surface area (Å²) in [4.78, 5) is 51.9. The molecule has 10 heteroatoms. The van der Waals surface area contributed by atoms with E-state index in [0.29, 0.717) is 17.9 Å². The molecule has 4 atom stereocenters. The number of likely N-dealkylation sites (tertiary alicyclic amines) is 1. The van der Waals surface area contributed by atoms with Gasteiger partial charge in [-0.2, -0.15) is 0 Å². The van der Waals surface area contributed by atoms with Gasteiger partial charge in [-0.05, 0) is 60.4 Å². The standard InChI is InChI=1S/C31H38N2O8/c1-31(2,3)28(29(36)33-24-11-7-10-21(24)16-25(33)30(37)38)32-26(34)18-39-22-12-14-23(15-13-22)40-19-27(35)41-17-20-8-5-4-6-9-20/h4-6,8-9,12-15,21,24-25,28H,7,10-11,16-19H2,1-3H3,(H,32,34)(H,37,38). The van der Waals surface area contributed by atoms with Crippen molar-refractivity contribution in [3.8, 4) is 11.5 Å². The van der Waals surface area contributed by atoms with Crippen molar-refractivity contribution in [3.63, 3.8) is 0 Å². The van der Waals surface area contributed by atoms with Crippen molar-refractivity contribution in [2.75, 3.05) is 13.2 Å². The van der Waals surface area contributed by atoms with Gasteiger partial charge in [0.05, 0.1) is 0 Å². The first-order valence-corrected chi connectivity index (χ1v) is 13.9. The molecule has 2 aliphatic rings. The van der Waals surface area contributed by atoms with E-state index in [-0.39, 0.29) is 37.7 Å². The lowest BCUT2D eigenvalue weighted by Crippen LogP contribution is -2.59. The minimum absolute atomic E-state index is 0.104. The Hall–Kier alpha value is -4.08. The maximum absolute atomic E-state index is 13.7. The molecule has 0 bridgehead atoms. The summed E-state index contributed by atoms with van der Waals surface area (Å²) in [5, 5.41) is 12.6. The normalized spacial score (nSPS) is 20.6. The van der Waals surface area contributed by atoms with Gasteiger partial charge in [0.25, 0.3) is 5.91 Å². The first-order chi connectivity index (χ1) is 19.5. The van der Waals surface area contributed by atoms with Crippen LogP contribution in [-0.2, 0) is 30.5 Å². The van der Waals surface area contributed by atoms with Gasteiger partial charge in [0.2, 0.25) is 5.91 Å². The number of carbonyl (C=O) groups is 4. The van der Waals surface area contributed by atoms with Crippen LogP contribution in [-0.4, -0.2) is 65.1 Å². The van der Waals surface area contributed by atoms with Crippen molar-refractivity contribution in [1.82, 2.24) is 10.2 Å². The Balaban J connectivity index is 1.27. The molecule has 4 rings (SSSR count). The van der Waals surface area contributed by atoms with Crippen LogP contribution in [0.15, 0.2) is 54.6 Å². The second-order valence-corrected chi connectivity index (χ2v) is 11.7. The first kappa shape index (κ1) is 29.9. The van der Waals surface area contributed by atoms with Gasteiger partial charge in [-0.1, -0.05) is 57.5 Å². The number of rotatable bonds is 11. The van der Waals surface area contributed by atoms with Crippen LogP contribution in [0.2, 0.25) is 0 Å². The summed E-state index contributed by atoms with van der Waals surface area (Å²) < 4.78 is 16.3. The average Bonchev–Trinajstić information content (AvgIpc) is 3.54. The Labute approximate surface area is 240 Å². The molecule has 0 spiro atoms. The lowest BCUT2D eigenvalue weighted by atomic mass is 9.85. The number of aliphatic carboxylic acids is 1. The third-order valence-electron chi connectivity index (χ3n) is 7.59. The Bertz CT molecular complexity index is 1220. The molecule has 220 valence electrons. The van der Waals surface area contributed by atoms with Crippen LogP contribution in [0.1, 0.15) is 52.0 Å². The second-order valence-electron chi connectivity index (χ2n) is 11.7. The van der Waals surface area contributed by atoms with E-state index in [2.05, 4.69) is 5.32 Å². The molecule has 1 aliphatic heterocycles. The molecule has 1 saturated carbocycles. The van der Waals surface area contributed by atoms with Gasteiger partial charge in [0.15, 0.2) is 13.2 Å². The molecule has 2 N–H and O–H groups in total. The van der Waals surface area contributed by atoms with Crippen molar-refractivity contribution >= 4 is 23.8 Å². The number of fused-ring (bicyclic) bond motifs is 1. The molecular formula is C31H38N2O8. The van der Waals surface area contributed by atoms with E-state index in [0.717, 1.165) is 24.8 Å². The lowest BCUT2D eigenvalue weighted by Gasteiger charge is -2.37. The number of amides is 2. The molecule has 1 heterocycles. The quantitative estimate of drug-likeness (QED) is 0.395. The topological polar surface area (TPSA) is 131 Å². The highest BCUT2D eigenvalue weighted by Crippen LogP contribution is 2.42. The van der Waals surface area contributed by atoms with E-state index in [9.17, 15) is 24.3 Å². The summed E-state index contributed by atoms with van der Waals surface area (Å²) in [6.07, 6.45) is 3.12. The second kappa shape index (κ2) is 13.1. The molecular weight excluding hydrogens is 528 g/mol. The van der Waals surface area contributed by atoms with Gasteiger partial charge in [-0.25, -0.2) is 9.59 Å². The molecule has 0 radical (unpaired) electrons. The van der Waals surface area contributed by atoms with Crippen molar-refractivity contribution < 1.29 is 38.5 Å². The number of ether oxygens (including phenoxy) is 3. The van der Waals surface area contributed by atoms with E-state index >= 15 is 0 Å². The van der Waals surface area contributed by atoms with Crippen LogP contribution >= 0.6 is 0 Å². The average molecular weight is 567 g/mol. The van der Waals surface area contributed by atoms with Gasteiger partial charge < -0.3 is 29.5 Å². The van der Waals surface area contributed by atoms with Crippen molar-refractivity contribution in [2.45, 2.75) is 71.2 Å². The third kappa shape index (κ3) is 7.77. The van der Waals surface area contributed by atoms with Crippen molar-refractivity contribution in [3.05, 3.63) is 60.2 Å². The summed E-state index contributed by atoms with van der Waals surface area (Å²) >= 11 is 0. The molecule has 1 saturated heterocycles. The highest BCUT2D eigenvalue weighted by molar-refractivity contribution is 5.92. The fourth-order valence-corrected chi connectivity index (χ4v) is 5.53. The maximum atomic E-state index is 13.7. The first-order valence-electron chi connectivity index (χ1n) is 13.9. The van der Waals surface area contributed by atoms with Gasteiger partial charge in [-0.15, -0.1) is 0 Å². The summed E-state index contributed by atoms with van der Waals surface area (Å²) in [7, 11) is 0. The number of carbonyl (C=O) groups excluding carboxylic acids is 3. The number of hydrogen-bond acceptors (Lipinski definition) is 7. The largest absolute Gasteiger partial charge is 0.484 e. The van der Waals surface area contributed by atoms with E-state index < -0.39 is 35.3 Å². The Morgan fingerprint density at radius 2 is 1.59 bits per heavy atom. The summed E-state index contributed by atoms with van der Waals surface area (Å²) in [6, 6.07) is 13.9. The number of nitrogens with zero attached hydrogens (tertiary/aromatic N) is 1. The van der Waals surface area contributed by atoms with Gasteiger partial charge >= 0.3 is 11.9 Å². The van der Waals surface area contributed by atoms with Crippen LogP contribution in [0.25, 0.3) is 0 Å². The number of carboxylic acids is 1. The monoisotopic (exact) mass is 566 g/mol. The number of nitrogens with one attached hydrogen (secondary N) is 1. The number of esters is 1. The minimum atomic E-state index is -1.01. The van der Waals surface area contributed by atoms with Crippen molar-refractivity contribution in [2.24, 2.45) is 11.3 Å². The molecule has 2 amide bonds. The van der Waals surface area contributed by atoms with E-state index in [1.807, 2.05) is 51.1 Å². The number of hydrogen-bond donors (Lipinski definition) is 2. The number of carboxylic acid groups (broad SMARTS) is 1.